The van der Waals surface area contributed by atoms with Crippen LogP contribution in [0, 0.1) is 0 Å². The minimum Gasteiger partial charge on any atom is -0.342 e. The highest BCUT2D eigenvalue weighted by atomic mass is 32.1. The lowest BCUT2D eigenvalue weighted by Gasteiger charge is -2.19. The van der Waals surface area contributed by atoms with Gasteiger partial charge in [-0.15, -0.1) is 12.6 Å². The van der Waals surface area contributed by atoms with Gasteiger partial charge in [0.15, 0.2) is 0 Å². The second-order valence-electron chi connectivity index (χ2n) is 4.40. The van der Waals surface area contributed by atoms with Crippen LogP contribution in [0.15, 0.2) is 29.2 Å². The van der Waals surface area contributed by atoms with Crippen LogP contribution in [-0.2, 0) is 0 Å². The molecule has 0 bridgehead atoms. The van der Waals surface area contributed by atoms with Crippen molar-refractivity contribution in [2.24, 2.45) is 0 Å². The van der Waals surface area contributed by atoms with E-state index in [1.165, 1.54) is 0 Å². The summed E-state index contributed by atoms with van der Waals surface area (Å²) < 4.78 is 0. The van der Waals surface area contributed by atoms with Gasteiger partial charge in [0.1, 0.15) is 0 Å². The van der Waals surface area contributed by atoms with E-state index in [1.54, 1.807) is 4.90 Å². The summed E-state index contributed by atoms with van der Waals surface area (Å²) in [5.74, 6) is 0.0364. The lowest BCUT2D eigenvalue weighted by molar-refractivity contribution is 0.0787. The van der Waals surface area contributed by atoms with Gasteiger partial charge >= 0.3 is 0 Å². The molecule has 0 saturated carbocycles. The van der Waals surface area contributed by atoms with Gasteiger partial charge in [-0.1, -0.05) is 12.1 Å². The van der Waals surface area contributed by atoms with Gasteiger partial charge < -0.3 is 9.80 Å². The van der Waals surface area contributed by atoms with E-state index in [0.29, 0.717) is 5.56 Å². The van der Waals surface area contributed by atoms with Gasteiger partial charge in [-0.3, -0.25) is 4.79 Å². The fraction of sp³-hybridized carbons (Fsp3) is 0.462. The zero-order chi connectivity index (χ0) is 12.8. The monoisotopic (exact) mass is 252 g/mol. The van der Waals surface area contributed by atoms with Crippen LogP contribution in [0.1, 0.15) is 16.8 Å². The van der Waals surface area contributed by atoms with Crippen LogP contribution >= 0.6 is 12.6 Å². The molecule has 3 nitrogen and oxygen atoms in total. The van der Waals surface area contributed by atoms with Crippen LogP contribution in [0.3, 0.4) is 0 Å². The Kier molecular flexibility index (Phi) is 5.51. The second kappa shape index (κ2) is 6.67. The van der Waals surface area contributed by atoms with Crippen LogP contribution in [0.2, 0.25) is 0 Å². The lowest BCUT2D eigenvalue weighted by Crippen LogP contribution is -2.30. The number of hydrogen-bond donors (Lipinski definition) is 1. The maximum Gasteiger partial charge on any atom is 0.254 e. The number of amides is 1. The Morgan fingerprint density at radius 3 is 2.41 bits per heavy atom. The van der Waals surface area contributed by atoms with Gasteiger partial charge in [0.2, 0.25) is 0 Å². The van der Waals surface area contributed by atoms with Gasteiger partial charge in [-0.25, -0.2) is 0 Å². The molecule has 0 heterocycles. The third-order valence-corrected chi connectivity index (χ3v) is 2.97. The van der Waals surface area contributed by atoms with Crippen LogP contribution in [0.4, 0.5) is 0 Å². The molecule has 0 unspecified atom stereocenters. The molecule has 0 aliphatic carbocycles. The minimum atomic E-state index is 0.0364. The predicted octanol–water partition coefficient (Wildman–Crippen LogP) is 2.00. The van der Waals surface area contributed by atoms with Crippen molar-refractivity contribution in [3.8, 4) is 0 Å². The van der Waals surface area contributed by atoms with Gasteiger partial charge in [0.05, 0.1) is 5.56 Å². The van der Waals surface area contributed by atoms with Crippen molar-refractivity contribution < 1.29 is 4.79 Å². The first-order valence-corrected chi connectivity index (χ1v) is 6.15. The Hall–Kier alpha value is -1.00. The Bertz CT molecular complexity index is 379. The normalized spacial score (nSPS) is 10.6. The highest BCUT2D eigenvalue weighted by Crippen LogP contribution is 2.14. The first-order chi connectivity index (χ1) is 8.02. The third-order valence-electron chi connectivity index (χ3n) is 2.58. The number of rotatable bonds is 5. The van der Waals surface area contributed by atoms with Crippen molar-refractivity contribution in [1.82, 2.24) is 9.80 Å². The summed E-state index contributed by atoms with van der Waals surface area (Å²) in [4.78, 5) is 16.7. The fourth-order valence-electron chi connectivity index (χ4n) is 1.59. The molecular formula is C13H20N2OS. The van der Waals surface area contributed by atoms with E-state index in [0.717, 1.165) is 24.4 Å². The van der Waals surface area contributed by atoms with Gasteiger partial charge in [-0.05, 0) is 39.2 Å². The molecule has 1 aromatic rings. The largest absolute Gasteiger partial charge is 0.342 e. The van der Waals surface area contributed by atoms with E-state index in [-0.39, 0.29) is 5.91 Å². The van der Waals surface area contributed by atoms with Crippen molar-refractivity contribution in [3.63, 3.8) is 0 Å². The van der Waals surface area contributed by atoms with Crippen molar-refractivity contribution in [2.75, 3.05) is 34.2 Å². The Balaban J connectivity index is 2.55. The number of thiol groups is 1. The SMILES string of the molecule is CN(C)CCCN(C)C(=O)c1ccccc1S. The van der Waals surface area contributed by atoms with Crippen LogP contribution < -0.4 is 0 Å². The fourth-order valence-corrected chi connectivity index (χ4v) is 1.84. The molecule has 0 atom stereocenters. The summed E-state index contributed by atoms with van der Waals surface area (Å²) in [6.07, 6.45) is 0.976. The molecule has 0 aliphatic heterocycles. The minimum absolute atomic E-state index is 0.0364. The molecule has 1 aromatic carbocycles. The van der Waals surface area contributed by atoms with Gasteiger partial charge in [0, 0.05) is 18.5 Å². The highest BCUT2D eigenvalue weighted by Gasteiger charge is 2.13. The third kappa shape index (κ3) is 4.40. The van der Waals surface area contributed by atoms with Crippen molar-refractivity contribution in [2.45, 2.75) is 11.3 Å². The smallest absolute Gasteiger partial charge is 0.254 e. The molecule has 0 saturated heterocycles. The molecule has 4 heteroatoms. The molecule has 0 aliphatic rings. The Labute approximate surface area is 109 Å². The molecular weight excluding hydrogens is 232 g/mol. The van der Waals surface area contributed by atoms with E-state index in [4.69, 9.17) is 0 Å². The van der Waals surface area contributed by atoms with Crippen LogP contribution in [0.5, 0.6) is 0 Å². The number of carbonyl (C=O) groups excluding carboxylic acids is 1. The number of benzene rings is 1. The molecule has 1 amide bonds. The van der Waals surface area contributed by atoms with Gasteiger partial charge in [0.25, 0.3) is 5.91 Å². The van der Waals surface area contributed by atoms with E-state index >= 15 is 0 Å². The summed E-state index contributed by atoms with van der Waals surface area (Å²) in [6.45, 7) is 1.75. The van der Waals surface area contributed by atoms with Gasteiger partial charge in [-0.2, -0.15) is 0 Å². The molecule has 0 spiro atoms. The number of carbonyl (C=O) groups is 1. The van der Waals surface area contributed by atoms with E-state index in [9.17, 15) is 4.79 Å². The molecule has 0 fully saturated rings. The molecule has 0 radical (unpaired) electrons. The summed E-state index contributed by atoms with van der Waals surface area (Å²) >= 11 is 4.30. The summed E-state index contributed by atoms with van der Waals surface area (Å²) in [5, 5.41) is 0. The van der Waals surface area contributed by atoms with E-state index < -0.39 is 0 Å². The topological polar surface area (TPSA) is 23.6 Å². The average molecular weight is 252 g/mol. The summed E-state index contributed by atoms with van der Waals surface area (Å²) in [7, 11) is 5.90. The van der Waals surface area contributed by atoms with E-state index in [2.05, 4.69) is 17.5 Å². The number of nitrogens with zero attached hydrogens (tertiary/aromatic N) is 2. The zero-order valence-corrected chi connectivity index (χ0v) is 11.6. The van der Waals surface area contributed by atoms with Crippen molar-refractivity contribution in [3.05, 3.63) is 29.8 Å². The van der Waals surface area contributed by atoms with Crippen LogP contribution in [-0.4, -0.2) is 49.9 Å². The average Bonchev–Trinajstić information content (AvgIpc) is 2.28. The maximum atomic E-state index is 12.1. The van der Waals surface area contributed by atoms with Crippen LogP contribution in [0.25, 0.3) is 0 Å². The molecule has 17 heavy (non-hydrogen) atoms. The first-order valence-electron chi connectivity index (χ1n) is 5.70. The summed E-state index contributed by atoms with van der Waals surface area (Å²) in [5.41, 5.74) is 0.670. The zero-order valence-electron chi connectivity index (χ0n) is 10.7. The molecule has 94 valence electrons. The highest BCUT2D eigenvalue weighted by molar-refractivity contribution is 7.80. The quantitative estimate of drug-likeness (QED) is 0.810. The van der Waals surface area contributed by atoms with Crippen molar-refractivity contribution >= 4 is 18.5 Å². The number of hydrogen-bond acceptors (Lipinski definition) is 3. The summed E-state index contributed by atoms with van der Waals surface area (Å²) in [6, 6.07) is 7.39. The molecule has 0 N–H and O–H groups in total. The lowest BCUT2D eigenvalue weighted by atomic mass is 10.2. The Morgan fingerprint density at radius 2 is 1.82 bits per heavy atom. The standard InChI is InChI=1S/C13H20N2OS/c1-14(2)9-6-10-15(3)13(16)11-7-4-5-8-12(11)17/h4-5,7-8,17H,6,9-10H2,1-3H3. The molecule has 1 rings (SSSR count). The van der Waals surface area contributed by atoms with Crippen molar-refractivity contribution in [1.29, 1.82) is 0 Å². The van der Waals surface area contributed by atoms with E-state index in [1.807, 2.05) is 45.4 Å². The maximum absolute atomic E-state index is 12.1. The second-order valence-corrected chi connectivity index (χ2v) is 4.88. The first kappa shape index (κ1) is 14.1. The Morgan fingerprint density at radius 1 is 1.18 bits per heavy atom. The molecule has 0 aromatic heterocycles. The predicted molar refractivity (Wildman–Crippen MR) is 73.8 cm³/mol.